The highest BCUT2D eigenvalue weighted by molar-refractivity contribution is 7.99. The molecule has 1 spiro atoms. The van der Waals surface area contributed by atoms with E-state index >= 15 is 0 Å². The van der Waals surface area contributed by atoms with Crippen LogP contribution in [0.15, 0.2) is 52.1 Å². The maximum Gasteiger partial charge on any atom is 0.211 e. The first-order valence-electron chi connectivity index (χ1n) is 10.6. The van der Waals surface area contributed by atoms with E-state index in [1.165, 1.54) is 10.3 Å². The zero-order valence-electron chi connectivity index (χ0n) is 17.3. The van der Waals surface area contributed by atoms with Crippen molar-refractivity contribution >= 4 is 44.9 Å². The van der Waals surface area contributed by atoms with Gasteiger partial charge in [0.05, 0.1) is 17.6 Å². The summed E-state index contributed by atoms with van der Waals surface area (Å²) < 4.78 is 7.98. The lowest BCUT2D eigenvalue weighted by Crippen LogP contribution is -2.51. The van der Waals surface area contributed by atoms with Crippen LogP contribution in [0.5, 0.6) is 0 Å². The summed E-state index contributed by atoms with van der Waals surface area (Å²) in [6.07, 6.45) is 9.88. The summed E-state index contributed by atoms with van der Waals surface area (Å²) in [6, 6.07) is 4.30. The lowest BCUT2D eigenvalue weighted by Gasteiger charge is -2.41. The molecule has 2 fully saturated rings. The van der Waals surface area contributed by atoms with Crippen molar-refractivity contribution in [3.05, 3.63) is 42.3 Å². The van der Waals surface area contributed by atoms with Gasteiger partial charge in [-0.15, -0.1) is 11.3 Å². The second kappa shape index (κ2) is 7.44. The van der Waals surface area contributed by atoms with Crippen molar-refractivity contribution < 1.29 is 4.74 Å². The minimum atomic E-state index is 0.104. The fourth-order valence-electron chi connectivity index (χ4n) is 4.87. The Hall–Kier alpha value is -2.20. The van der Waals surface area contributed by atoms with Crippen molar-refractivity contribution in [1.29, 1.82) is 0 Å². The highest BCUT2D eigenvalue weighted by Crippen LogP contribution is 2.42. The highest BCUT2D eigenvalue weighted by Gasteiger charge is 2.47. The van der Waals surface area contributed by atoms with Crippen LogP contribution in [0.1, 0.15) is 19.8 Å². The molecule has 2 aliphatic rings. The number of nitrogens with zero attached hydrogens (tertiary/aromatic N) is 5. The van der Waals surface area contributed by atoms with Crippen LogP contribution in [0.2, 0.25) is 0 Å². The molecule has 0 radical (unpaired) electrons. The van der Waals surface area contributed by atoms with Gasteiger partial charge in [-0.1, -0.05) is 11.8 Å². The first-order valence-corrected chi connectivity index (χ1v) is 12.3. The Morgan fingerprint density at radius 2 is 2.03 bits per heavy atom. The predicted molar refractivity (Wildman–Crippen MR) is 124 cm³/mol. The Morgan fingerprint density at radius 3 is 2.84 bits per heavy atom. The Labute approximate surface area is 188 Å². The number of rotatable bonds is 3. The van der Waals surface area contributed by atoms with E-state index in [0.717, 1.165) is 53.9 Å². The third-order valence-corrected chi connectivity index (χ3v) is 8.71. The van der Waals surface area contributed by atoms with Crippen molar-refractivity contribution in [2.75, 3.05) is 24.6 Å². The minimum Gasteiger partial charge on any atom is -0.376 e. The standard InChI is InChI=1S/C22H24N6OS2/c1-14-18(23)22(13-29-14)4-8-27(9-5-22)21-26-12-17(19-24-7-10-28(19)21)31-16-2-6-25-20-15(16)3-11-30-20/h2-3,6-7,10-12,14,18H,4-5,8-9,13,23H2,1H3/t14-,18+/m0/s1. The number of hydrogen-bond donors (Lipinski definition) is 1. The lowest BCUT2D eigenvalue weighted by molar-refractivity contribution is 0.0973. The van der Waals surface area contributed by atoms with Crippen LogP contribution in [0.3, 0.4) is 0 Å². The van der Waals surface area contributed by atoms with E-state index in [-0.39, 0.29) is 17.6 Å². The SMILES string of the molecule is C[C@@H]1OCC2(CCN(c3ncc(Sc4ccnc5sccc45)c4nccn34)CC2)[C@@H]1N. The van der Waals surface area contributed by atoms with Gasteiger partial charge in [0.15, 0.2) is 5.65 Å². The summed E-state index contributed by atoms with van der Waals surface area (Å²) in [5.74, 6) is 0.947. The number of aromatic nitrogens is 4. The van der Waals surface area contributed by atoms with Crippen LogP contribution >= 0.6 is 23.1 Å². The molecule has 4 aromatic rings. The second-order valence-corrected chi connectivity index (χ2v) is 10.5. The summed E-state index contributed by atoms with van der Waals surface area (Å²) in [5.41, 5.74) is 7.53. The average molecular weight is 453 g/mol. The zero-order chi connectivity index (χ0) is 21.0. The third kappa shape index (κ3) is 3.14. The molecule has 7 nitrogen and oxygen atoms in total. The zero-order valence-corrected chi connectivity index (χ0v) is 18.9. The van der Waals surface area contributed by atoms with Gasteiger partial charge in [0.2, 0.25) is 5.95 Å². The minimum absolute atomic E-state index is 0.104. The summed E-state index contributed by atoms with van der Waals surface area (Å²) in [6.45, 7) is 4.72. The number of piperidine rings is 1. The van der Waals surface area contributed by atoms with Crippen molar-refractivity contribution in [3.8, 4) is 0 Å². The van der Waals surface area contributed by atoms with E-state index in [0.29, 0.717) is 0 Å². The summed E-state index contributed by atoms with van der Waals surface area (Å²) >= 11 is 3.36. The lowest BCUT2D eigenvalue weighted by atomic mass is 9.73. The molecule has 9 heteroatoms. The molecule has 0 bridgehead atoms. The molecule has 2 saturated heterocycles. The molecule has 0 saturated carbocycles. The van der Waals surface area contributed by atoms with Gasteiger partial charge >= 0.3 is 0 Å². The molecule has 2 atom stereocenters. The Kier molecular flexibility index (Phi) is 4.68. The molecule has 6 heterocycles. The van der Waals surface area contributed by atoms with Crippen LogP contribution in [0, 0.1) is 5.41 Å². The summed E-state index contributed by atoms with van der Waals surface area (Å²) in [5, 5.41) is 3.26. The quantitative estimate of drug-likeness (QED) is 0.506. The molecular weight excluding hydrogens is 428 g/mol. The molecule has 2 aliphatic heterocycles. The van der Waals surface area contributed by atoms with Crippen molar-refractivity contribution in [3.63, 3.8) is 0 Å². The van der Waals surface area contributed by atoms with E-state index in [2.05, 4.69) is 43.7 Å². The number of pyridine rings is 1. The number of thiophene rings is 1. The van der Waals surface area contributed by atoms with Crippen LogP contribution in [-0.4, -0.2) is 51.2 Å². The molecule has 0 amide bonds. The molecule has 160 valence electrons. The first-order chi connectivity index (χ1) is 15.1. The maximum atomic E-state index is 6.49. The van der Waals surface area contributed by atoms with Gasteiger partial charge < -0.3 is 15.4 Å². The van der Waals surface area contributed by atoms with Gasteiger partial charge in [-0.05, 0) is 37.3 Å². The maximum absolute atomic E-state index is 6.49. The van der Waals surface area contributed by atoms with E-state index in [1.54, 1.807) is 23.1 Å². The number of nitrogens with two attached hydrogens (primary N) is 1. The van der Waals surface area contributed by atoms with E-state index in [4.69, 9.17) is 15.5 Å². The number of fused-ring (bicyclic) bond motifs is 2. The van der Waals surface area contributed by atoms with Gasteiger partial charge in [0.25, 0.3) is 0 Å². The van der Waals surface area contributed by atoms with Gasteiger partial charge in [-0.25, -0.2) is 15.0 Å². The van der Waals surface area contributed by atoms with Crippen LogP contribution in [0.4, 0.5) is 5.95 Å². The normalized spacial score (nSPS) is 23.4. The monoisotopic (exact) mass is 452 g/mol. The fourth-order valence-corrected chi connectivity index (χ4v) is 6.69. The third-order valence-electron chi connectivity index (χ3n) is 6.81. The molecule has 0 unspecified atom stereocenters. The highest BCUT2D eigenvalue weighted by atomic mass is 32.2. The molecule has 4 aromatic heterocycles. The van der Waals surface area contributed by atoms with Gasteiger partial charge in [0, 0.05) is 59.6 Å². The summed E-state index contributed by atoms with van der Waals surface area (Å²) in [4.78, 5) is 19.6. The van der Waals surface area contributed by atoms with Crippen molar-refractivity contribution in [1.82, 2.24) is 19.4 Å². The molecule has 2 N–H and O–H groups in total. The Balaban J connectivity index is 1.29. The predicted octanol–water partition coefficient (Wildman–Crippen LogP) is 3.82. The number of hydrogen-bond acceptors (Lipinski definition) is 8. The van der Waals surface area contributed by atoms with E-state index in [1.807, 2.05) is 24.8 Å². The van der Waals surface area contributed by atoms with Crippen LogP contribution in [0.25, 0.3) is 15.9 Å². The van der Waals surface area contributed by atoms with E-state index in [9.17, 15) is 0 Å². The molecule has 31 heavy (non-hydrogen) atoms. The van der Waals surface area contributed by atoms with E-state index < -0.39 is 0 Å². The average Bonchev–Trinajstić information content (AvgIpc) is 3.53. The largest absolute Gasteiger partial charge is 0.376 e. The fraction of sp³-hybridized carbons (Fsp3) is 0.409. The van der Waals surface area contributed by atoms with Crippen LogP contribution < -0.4 is 10.6 Å². The molecular formula is C22H24N6OS2. The number of ether oxygens (including phenoxy) is 1. The smallest absolute Gasteiger partial charge is 0.211 e. The summed E-state index contributed by atoms with van der Waals surface area (Å²) in [7, 11) is 0. The van der Waals surface area contributed by atoms with Gasteiger partial charge in [-0.2, -0.15) is 0 Å². The molecule has 0 aromatic carbocycles. The van der Waals surface area contributed by atoms with Gasteiger partial charge in [-0.3, -0.25) is 4.40 Å². The molecule has 6 rings (SSSR count). The van der Waals surface area contributed by atoms with Crippen molar-refractivity contribution in [2.24, 2.45) is 11.1 Å². The number of imidazole rings is 1. The topological polar surface area (TPSA) is 81.6 Å². The van der Waals surface area contributed by atoms with Crippen molar-refractivity contribution in [2.45, 2.75) is 41.7 Å². The second-order valence-electron chi connectivity index (χ2n) is 8.49. The van der Waals surface area contributed by atoms with Crippen LogP contribution in [-0.2, 0) is 4.74 Å². The van der Waals surface area contributed by atoms with Gasteiger partial charge in [0.1, 0.15) is 4.83 Å². The Morgan fingerprint density at radius 1 is 1.16 bits per heavy atom. The first kappa shape index (κ1) is 19.5. The molecule has 0 aliphatic carbocycles. The Bertz CT molecular complexity index is 1250. The number of anilines is 1.